The zero-order valence-corrected chi connectivity index (χ0v) is 7.78. The van der Waals surface area contributed by atoms with E-state index < -0.39 is 0 Å². The minimum atomic E-state index is 0.614. The van der Waals surface area contributed by atoms with Crippen molar-refractivity contribution >= 4 is 11.6 Å². The highest BCUT2D eigenvalue weighted by Crippen LogP contribution is 2.00. The summed E-state index contributed by atoms with van der Waals surface area (Å²) in [4.78, 5) is 7.12. The van der Waals surface area contributed by atoms with Crippen LogP contribution in [0, 0.1) is 6.92 Å². The van der Waals surface area contributed by atoms with Gasteiger partial charge in [-0.25, -0.2) is 4.98 Å². The van der Waals surface area contributed by atoms with Crippen molar-refractivity contribution in [3.8, 4) is 0 Å². The van der Waals surface area contributed by atoms with Gasteiger partial charge in [0.15, 0.2) is 0 Å². The zero-order chi connectivity index (χ0) is 8.97. The van der Waals surface area contributed by atoms with E-state index in [0.717, 1.165) is 17.9 Å². The van der Waals surface area contributed by atoms with Crippen LogP contribution in [0.4, 0.5) is 0 Å². The summed E-state index contributed by atoms with van der Waals surface area (Å²) in [7, 11) is 0. The van der Waals surface area contributed by atoms with Crippen LogP contribution in [0.15, 0.2) is 17.9 Å². The Kier molecular flexibility index (Phi) is 3.31. The van der Waals surface area contributed by atoms with E-state index in [2.05, 4.69) is 21.9 Å². The van der Waals surface area contributed by atoms with Crippen LogP contribution in [0.3, 0.4) is 0 Å². The minimum Gasteiger partial charge on any atom is -0.348 e. The molecule has 1 aromatic heterocycles. The fourth-order valence-corrected chi connectivity index (χ4v) is 0.976. The molecule has 0 aliphatic carbocycles. The van der Waals surface area contributed by atoms with Gasteiger partial charge in [0.25, 0.3) is 0 Å². The average Bonchev–Trinajstić information content (AvgIpc) is 2.36. The summed E-state index contributed by atoms with van der Waals surface area (Å²) in [5.41, 5.74) is 2.11. The molecule has 0 aliphatic heterocycles. The van der Waals surface area contributed by atoms with Gasteiger partial charge in [-0.05, 0) is 6.92 Å². The van der Waals surface area contributed by atoms with Gasteiger partial charge in [-0.3, -0.25) is 0 Å². The molecule has 0 saturated carbocycles. The third-order valence-electron chi connectivity index (χ3n) is 1.54. The van der Waals surface area contributed by atoms with Crippen molar-refractivity contribution in [2.45, 2.75) is 13.5 Å². The first-order chi connectivity index (χ1) is 5.70. The molecule has 2 N–H and O–H groups in total. The van der Waals surface area contributed by atoms with Crippen molar-refractivity contribution in [2.24, 2.45) is 0 Å². The molecule has 1 rings (SSSR count). The summed E-state index contributed by atoms with van der Waals surface area (Å²) >= 11 is 5.57. The number of imidazole rings is 1. The molecule has 0 radical (unpaired) electrons. The Morgan fingerprint density at radius 3 is 3.08 bits per heavy atom. The van der Waals surface area contributed by atoms with Gasteiger partial charge in [0.1, 0.15) is 0 Å². The van der Waals surface area contributed by atoms with Crippen LogP contribution in [0.2, 0.25) is 0 Å². The number of rotatable bonds is 4. The molecule has 0 aromatic carbocycles. The Morgan fingerprint density at radius 2 is 2.58 bits per heavy atom. The van der Waals surface area contributed by atoms with Crippen molar-refractivity contribution in [2.75, 3.05) is 6.54 Å². The molecule has 0 saturated heterocycles. The molecular formula is C8H12ClN3. The predicted octanol–water partition coefficient (Wildman–Crippen LogP) is 1.56. The lowest BCUT2D eigenvalue weighted by Gasteiger charge is -2.00. The minimum absolute atomic E-state index is 0.614. The number of aromatic nitrogens is 2. The topological polar surface area (TPSA) is 40.7 Å². The van der Waals surface area contributed by atoms with Crippen LogP contribution < -0.4 is 5.32 Å². The molecule has 1 aromatic rings. The summed E-state index contributed by atoms with van der Waals surface area (Å²) < 4.78 is 0. The van der Waals surface area contributed by atoms with E-state index in [1.807, 2.05) is 6.92 Å². The van der Waals surface area contributed by atoms with Crippen molar-refractivity contribution in [1.29, 1.82) is 0 Å². The van der Waals surface area contributed by atoms with Crippen LogP contribution in [-0.2, 0) is 6.54 Å². The maximum absolute atomic E-state index is 5.57. The van der Waals surface area contributed by atoms with Gasteiger partial charge in [0.2, 0.25) is 0 Å². The van der Waals surface area contributed by atoms with Gasteiger partial charge >= 0.3 is 0 Å². The zero-order valence-electron chi connectivity index (χ0n) is 7.02. The quantitative estimate of drug-likeness (QED) is 0.748. The van der Waals surface area contributed by atoms with Crippen molar-refractivity contribution in [3.05, 3.63) is 29.3 Å². The van der Waals surface area contributed by atoms with Crippen LogP contribution >= 0.6 is 11.6 Å². The highest BCUT2D eigenvalue weighted by molar-refractivity contribution is 6.29. The maximum Gasteiger partial charge on any atom is 0.0925 e. The third-order valence-corrected chi connectivity index (χ3v) is 1.68. The molecule has 66 valence electrons. The average molecular weight is 186 g/mol. The SMILES string of the molecule is C=C(Cl)CNCc1nc[nH]c1C. The van der Waals surface area contributed by atoms with Gasteiger partial charge in [0, 0.05) is 23.8 Å². The van der Waals surface area contributed by atoms with Crippen LogP contribution in [0.1, 0.15) is 11.4 Å². The van der Waals surface area contributed by atoms with Crippen LogP contribution in [0.5, 0.6) is 0 Å². The number of hydrogen-bond donors (Lipinski definition) is 2. The van der Waals surface area contributed by atoms with E-state index in [0.29, 0.717) is 11.6 Å². The largest absolute Gasteiger partial charge is 0.348 e. The van der Waals surface area contributed by atoms with Crippen molar-refractivity contribution < 1.29 is 0 Å². The first kappa shape index (κ1) is 9.29. The van der Waals surface area contributed by atoms with Crippen LogP contribution in [0.25, 0.3) is 0 Å². The molecule has 1 heterocycles. The molecule has 0 aliphatic rings. The number of nitrogens with zero attached hydrogens (tertiary/aromatic N) is 1. The highest BCUT2D eigenvalue weighted by Gasteiger charge is 1.98. The van der Waals surface area contributed by atoms with E-state index in [9.17, 15) is 0 Å². The molecule has 12 heavy (non-hydrogen) atoms. The second-order valence-electron chi connectivity index (χ2n) is 2.60. The molecule has 4 heteroatoms. The highest BCUT2D eigenvalue weighted by atomic mass is 35.5. The smallest absolute Gasteiger partial charge is 0.0925 e. The lowest BCUT2D eigenvalue weighted by atomic mass is 10.3. The molecule has 0 amide bonds. The molecule has 0 spiro atoms. The first-order valence-electron chi connectivity index (χ1n) is 3.73. The monoisotopic (exact) mass is 185 g/mol. The van der Waals surface area contributed by atoms with E-state index in [1.54, 1.807) is 6.33 Å². The van der Waals surface area contributed by atoms with E-state index in [-0.39, 0.29) is 0 Å². The summed E-state index contributed by atoms with van der Waals surface area (Å²) in [6.07, 6.45) is 1.68. The molecule has 0 fully saturated rings. The molecule has 3 nitrogen and oxygen atoms in total. The first-order valence-corrected chi connectivity index (χ1v) is 4.11. The second kappa shape index (κ2) is 4.28. The molecular weight excluding hydrogens is 174 g/mol. The molecule has 0 bridgehead atoms. The van der Waals surface area contributed by atoms with E-state index in [4.69, 9.17) is 11.6 Å². The lowest BCUT2D eigenvalue weighted by Crippen LogP contribution is -2.15. The summed E-state index contributed by atoms with van der Waals surface area (Å²) in [6, 6.07) is 0. The second-order valence-corrected chi connectivity index (χ2v) is 3.13. The standard InChI is InChI=1S/C8H12ClN3/c1-6(9)3-10-4-8-7(2)11-5-12-8/h5,10H,1,3-4H2,2H3,(H,11,12). The Bertz CT molecular complexity index is 267. The summed E-state index contributed by atoms with van der Waals surface area (Å²) in [5, 5.41) is 3.73. The molecule has 0 atom stereocenters. The summed E-state index contributed by atoms with van der Waals surface area (Å²) in [5.74, 6) is 0. The number of H-pyrrole nitrogens is 1. The van der Waals surface area contributed by atoms with Crippen molar-refractivity contribution in [3.63, 3.8) is 0 Å². The fourth-order valence-electron chi connectivity index (χ4n) is 0.882. The van der Waals surface area contributed by atoms with Gasteiger partial charge in [-0.1, -0.05) is 18.2 Å². The fraction of sp³-hybridized carbons (Fsp3) is 0.375. The van der Waals surface area contributed by atoms with Crippen LogP contribution in [-0.4, -0.2) is 16.5 Å². The predicted molar refractivity (Wildman–Crippen MR) is 50.0 cm³/mol. The Labute approximate surface area is 76.8 Å². The lowest BCUT2D eigenvalue weighted by molar-refractivity contribution is 0.735. The maximum atomic E-state index is 5.57. The number of nitrogens with one attached hydrogen (secondary N) is 2. The molecule has 0 unspecified atom stereocenters. The van der Waals surface area contributed by atoms with Gasteiger partial charge < -0.3 is 10.3 Å². The number of hydrogen-bond acceptors (Lipinski definition) is 2. The Morgan fingerprint density at radius 1 is 1.83 bits per heavy atom. The van der Waals surface area contributed by atoms with E-state index >= 15 is 0 Å². The third kappa shape index (κ3) is 2.68. The van der Waals surface area contributed by atoms with Gasteiger partial charge in [-0.2, -0.15) is 0 Å². The normalized spacial score (nSPS) is 10.2. The van der Waals surface area contributed by atoms with E-state index in [1.165, 1.54) is 0 Å². The number of halogens is 1. The van der Waals surface area contributed by atoms with Gasteiger partial charge in [-0.15, -0.1) is 0 Å². The van der Waals surface area contributed by atoms with Gasteiger partial charge in [0.05, 0.1) is 12.0 Å². The Balaban J connectivity index is 2.33. The summed E-state index contributed by atoms with van der Waals surface area (Å²) in [6.45, 7) is 6.90. The van der Waals surface area contributed by atoms with Crippen molar-refractivity contribution in [1.82, 2.24) is 15.3 Å². The number of aryl methyl sites for hydroxylation is 1. The number of aromatic amines is 1. The Hall–Kier alpha value is -0.800.